The molecule has 0 amide bonds. The van der Waals surface area contributed by atoms with Gasteiger partial charge in [0.15, 0.2) is 0 Å². The Bertz CT molecular complexity index is 392. The maximum Gasteiger partial charge on any atom is 0.0684 e. The summed E-state index contributed by atoms with van der Waals surface area (Å²) in [6.45, 7) is 9.22. The van der Waals surface area contributed by atoms with Crippen LogP contribution in [0, 0.1) is 18.8 Å². The molecule has 0 saturated carbocycles. The topological polar surface area (TPSA) is 23.5 Å². The van der Waals surface area contributed by atoms with E-state index in [2.05, 4.69) is 43.9 Å². The van der Waals surface area contributed by atoms with Crippen molar-refractivity contribution < 1.29 is 5.11 Å². The van der Waals surface area contributed by atoms with Gasteiger partial charge in [0.1, 0.15) is 0 Å². The largest absolute Gasteiger partial charge is 0.392 e. The van der Waals surface area contributed by atoms with Gasteiger partial charge in [0, 0.05) is 18.8 Å². The smallest absolute Gasteiger partial charge is 0.0684 e. The van der Waals surface area contributed by atoms with Crippen molar-refractivity contribution in [3.63, 3.8) is 0 Å². The van der Waals surface area contributed by atoms with E-state index in [9.17, 15) is 5.11 Å². The summed E-state index contributed by atoms with van der Waals surface area (Å²) in [6.07, 6.45) is 2.61. The van der Waals surface area contributed by atoms with Gasteiger partial charge in [0.2, 0.25) is 0 Å². The lowest BCUT2D eigenvalue weighted by molar-refractivity contribution is 0.281. The van der Waals surface area contributed by atoms with E-state index >= 15 is 0 Å². The third-order valence-electron chi connectivity index (χ3n) is 4.34. The summed E-state index contributed by atoms with van der Waals surface area (Å²) in [6, 6.07) is 6.41. The van der Waals surface area contributed by atoms with Crippen molar-refractivity contribution in [3.05, 3.63) is 29.3 Å². The third kappa shape index (κ3) is 2.86. The van der Waals surface area contributed by atoms with Crippen LogP contribution in [0.25, 0.3) is 0 Å². The fraction of sp³-hybridized carbons (Fsp3) is 0.625. The minimum atomic E-state index is 0.140. The van der Waals surface area contributed by atoms with E-state index in [0.29, 0.717) is 0 Å². The van der Waals surface area contributed by atoms with Crippen molar-refractivity contribution >= 4 is 5.69 Å². The van der Waals surface area contributed by atoms with Gasteiger partial charge in [-0.25, -0.2) is 0 Å². The number of aliphatic hydroxyl groups excluding tert-OH is 1. The van der Waals surface area contributed by atoms with Crippen molar-refractivity contribution in [3.8, 4) is 0 Å². The molecule has 1 aliphatic heterocycles. The molecule has 100 valence electrons. The number of piperidine rings is 1. The number of aryl methyl sites for hydroxylation is 1. The van der Waals surface area contributed by atoms with E-state index in [1.54, 1.807) is 0 Å². The molecule has 1 aromatic rings. The maximum absolute atomic E-state index is 9.20. The molecular weight excluding hydrogens is 222 g/mol. The Labute approximate surface area is 111 Å². The molecule has 0 radical (unpaired) electrons. The van der Waals surface area contributed by atoms with E-state index in [-0.39, 0.29) is 6.61 Å². The van der Waals surface area contributed by atoms with Gasteiger partial charge in [-0.2, -0.15) is 0 Å². The number of anilines is 1. The molecule has 0 atom stereocenters. The molecule has 1 N–H and O–H groups in total. The summed E-state index contributed by atoms with van der Waals surface area (Å²) in [5.41, 5.74) is 3.55. The second kappa shape index (κ2) is 5.75. The summed E-state index contributed by atoms with van der Waals surface area (Å²) in [7, 11) is 0. The first-order valence-electron chi connectivity index (χ1n) is 7.07. The highest BCUT2D eigenvalue weighted by Crippen LogP contribution is 2.28. The van der Waals surface area contributed by atoms with Crippen LogP contribution in [0.1, 0.15) is 37.8 Å². The molecule has 1 aliphatic rings. The minimum absolute atomic E-state index is 0.140. The molecule has 2 rings (SSSR count). The Hall–Kier alpha value is -1.02. The first-order chi connectivity index (χ1) is 8.61. The van der Waals surface area contributed by atoms with E-state index in [4.69, 9.17) is 0 Å². The van der Waals surface area contributed by atoms with Crippen molar-refractivity contribution in [2.24, 2.45) is 11.8 Å². The molecule has 0 aliphatic carbocycles. The van der Waals surface area contributed by atoms with Gasteiger partial charge >= 0.3 is 0 Å². The molecule has 18 heavy (non-hydrogen) atoms. The molecule has 1 aromatic carbocycles. The van der Waals surface area contributed by atoms with Crippen molar-refractivity contribution in [2.75, 3.05) is 18.0 Å². The number of aliphatic hydroxyl groups is 1. The Balaban J connectivity index is 2.03. The summed E-state index contributed by atoms with van der Waals surface area (Å²) in [5.74, 6) is 1.70. The van der Waals surface area contributed by atoms with Crippen molar-refractivity contribution in [2.45, 2.75) is 40.2 Å². The first-order valence-corrected chi connectivity index (χ1v) is 7.07. The predicted molar refractivity (Wildman–Crippen MR) is 76.9 cm³/mol. The van der Waals surface area contributed by atoms with Crippen molar-refractivity contribution in [1.29, 1.82) is 0 Å². The van der Waals surface area contributed by atoms with Crippen LogP contribution in [-0.4, -0.2) is 18.2 Å². The second-order valence-corrected chi connectivity index (χ2v) is 5.84. The zero-order chi connectivity index (χ0) is 13.1. The van der Waals surface area contributed by atoms with Gasteiger partial charge in [0.25, 0.3) is 0 Å². The summed E-state index contributed by atoms with van der Waals surface area (Å²) in [5, 5.41) is 9.20. The van der Waals surface area contributed by atoms with Crippen LogP contribution in [-0.2, 0) is 6.61 Å². The Morgan fingerprint density at radius 1 is 1.28 bits per heavy atom. The average molecular weight is 247 g/mol. The van der Waals surface area contributed by atoms with Gasteiger partial charge < -0.3 is 10.0 Å². The van der Waals surface area contributed by atoms with Crippen LogP contribution in [0.15, 0.2) is 18.2 Å². The van der Waals surface area contributed by atoms with Crippen LogP contribution in [0.2, 0.25) is 0 Å². The maximum atomic E-state index is 9.20. The lowest BCUT2D eigenvalue weighted by atomic mass is 9.86. The van der Waals surface area contributed by atoms with Crippen molar-refractivity contribution in [1.82, 2.24) is 0 Å². The van der Waals surface area contributed by atoms with E-state index < -0.39 is 0 Å². The van der Waals surface area contributed by atoms with Crippen LogP contribution < -0.4 is 4.90 Å². The fourth-order valence-corrected chi connectivity index (χ4v) is 2.88. The summed E-state index contributed by atoms with van der Waals surface area (Å²) >= 11 is 0. The van der Waals surface area contributed by atoms with E-state index in [1.807, 2.05) is 0 Å². The molecule has 1 fully saturated rings. The summed E-state index contributed by atoms with van der Waals surface area (Å²) in [4.78, 5) is 2.48. The molecule has 1 saturated heterocycles. The van der Waals surface area contributed by atoms with Gasteiger partial charge in [-0.3, -0.25) is 0 Å². The zero-order valence-corrected chi connectivity index (χ0v) is 11.8. The number of hydrogen-bond acceptors (Lipinski definition) is 2. The Kier molecular flexibility index (Phi) is 4.28. The molecule has 0 bridgehead atoms. The SMILES string of the molecule is Cc1cc(N2CCC(C(C)C)CC2)ccc1CO. The molecule has 2 nitrogen and oxygen atoms in total. The third-order valence-corrected chi connectivity index (χ3v) is 4.34. The number of hydrogen-bond donors (Lipinski definition) is 1. The van der Waals surface area contributed by atoms with E-state index in [0.717, 1.165) is 17.4 Å². The standard InChI is InChI=1S/C16H25NO/c1-12(2)14-6-8-17(9-7-14)16-5-4-15(11-18)13(3)10-16/h4-5,10,12,14,18H,6-9,11H2,1-3H3. The van der Waals surface area contributed by atoms with E-state index in [1.165, 1.54) is 37.2 Å². The monoisotopic (exact) mass is 247 g/mol. The second-order valence-electron chi connectivity index (χ2n) is 5.84. The lowest BCUT2D eigenvalue weighted by Crippen LogP contribution is -2.35. The highest BCUT2D eigenvalue weighted by Gasteiger charge is 2.21. The van der Waals surface area contributed by atoms with Gasteiger partial charge in [-0.05, 0) is 54.9 Å². The molecule has 0 aromatic heterocycles. The molecular formula is C16H25NO. The predicted octanol–water partition coefficient (Wildman–Crippen LogP) is 3.36. The fourth-order valence-electron chi connectivity index (χ4n) is 2.88. The number of nitrogens with zero attached hydrogens (tertiary/aromatic N) is 1. The van der Waals surface area contributed by atoms with Crippen LogP contribution >= 0.6 is 0 Å². The molecule has 0 spiro atoms. The number of rotatable bonds is 3. The van der Waals surface area contributed by atoms with Crippen LogP contribution in [0.4, 0.5) is 5.69 Å². The van der Waals surface area contributed by atoms with Gasteiger partial charge in [0.05, 0.1) is 6.61 Å². The Morgan fingerprint density at radius 2 is 1.94 bits per heavy atom. The van der Waals surface area contributed by atoms with Gasteiger partial charge in [-0.15, -0.1) is 0 Å². The minimum Gasteiger partial charge on any atom is -0.392 e. The quantitative estimate of drug-likeness (QED) is 0.885. The molecule has 1 heterocycles. The lowest BCUT2D eigenvalue weighted by Gasteiger charge is -2.35. The molecule has 0 unspecified atom stereocenters. The highest BCUT2D eigenvalue weighted by atomic mass is 16.3. The van der Waals surface area contributed by atoms with Gasteiger partial charge in [-0.1, -0.05) is 19.9 Å². The van der Waals surface area contributed by atoms with Crippen LogP contribution in [0.5, 0.6) is 0 Å². The zero-order valence-electron chi connectivity index (χ0n) is 11.8. The highest BCUT2D eigenvalue weighted by molar-refractivity contribution is 5.51. The number of benzene rings is 1. The molecule has 2 heteroatoms. The van der Waals surface area contributed by atoms with Crippen LogP contribution in [0.3, 0.4) is 0 Å². The average Bonchev–Trinajstić information content (AvgIpc) is 2.38. The Morgan fingerprint density at radius 3 is 2.44 bits per heavy atom. The summed E-state index contributed by atoms with van der Waals surface area (Å²) < 4.78 is 0. The normalized spacial score (nSPS) is 17.5. The first kappa shape index (κ1) is 13.4.